The van der Waals surface area contributed by atoms with Gasteiger partial charge in [0.05, 0.1) is 11.8 Å². The molecule has 2 aliphatic rings. The van der Waals surface area contributed by atoms with Gasteiger partial charge in [-0.1, -0.05) is 42.5 Å². The highest BCUT2D eigenvalue weighted by molar-refractivity contribution is 5.73. The van der Waals surface area contributed by atoms with Crippen molar-refractivity contribution in [2.75, 3.05) is 0 Å². The maximum atomic E-state index is 11.8. The molecule has 2 aliphatic heterocycles. The minimum atomic E-state index is -0.861. The summed E-state index contributed by atoms with van der Waals surface area (Å²) in [5.74, 6) is -1.79. The van der Waals surface area contributed by atoms with Crippen LogP contribution in [0, 0.1) is 0 Å². The Morgan fingerprint density at radius 3 is 1.50 bits per heavy atom. The third-order valence-electron chi connectivity index (χ3n) is 9.57. The van der Waals surface area contributed by atoms with Crippen LogP contribution < -0.4 is 9.47 Å². The molecule has 0 fully saturated rings. The normalized spacial score (nSPS) is 18.8. The Bertz CT molecular complexity index is 2350. The quantitative estimate of drug-likeness (QED) is 0.0627. The van der Waals surface area contributed by atoms with Gasteiger partial charge in [-0.3, -0.25) is 0 Å². The summed E-state index contributed by atoms with van der Waals surface area (Å²) in [6.07, 6.45) is 2.10. The Balaban J connectivity index is 1.25. The van der Waals surface area contributed by atoms with Crippen molar-refractivity contribution in [1.82, 2.24) is 0 Å². The number of fused-ring (bicyclic) bond motifs is 2. The summed E-state index contributed by atoms with van der Waals surface area (Å²) in [6.45, 7) is 0. The highest BCUT2D eigenvalue weighted by Gasteiger charge is 2.44. The summed E-state index contributed by atoms with van der Waals surface area (Å²) in [4.78, 5) is 0. The van der Waals surface area contributed by atoms with Crippen LogP contribution in [-0.4, -0.2) is 40.9 Å². The summed E-state index contributed by atoms with van der Waals surface area (Å²) in [6, 6.07) is 28.3. The van der Waals surface area contributed by atoms with Crippen molar-refractivity contribution in [2.45, 2.75) is 24.0 Å². The average molecular weight is 697 g/mol. The lowest BCUT2D eigenvalue weighted by molar-refractivity contribution is 0.218. The van der Waals surface area contributed by atoms with E-state index in [0.717, 1.165) is 5.56 Å². The Kier molecular flexibility index (Phi) is 7.72. The van der Waals surface area contributed by atoms with Gasteiger partial charge in [0.2, 0.25) is 0 Å². The summed E-state index contributed by atoms with van der Waals surface area (Å²) in [5.41, 5.74) is 4.48. The number of aromatic hydroxyl groups is 8. The van der Waals surface area contributed by atoms with Crippen molar-refractivity contribution in [3.63, 3.8) is 0 Å². The van der Waals surface area contributed by atoms with E-state index in [9.17, 15) is 40.9 Å². The molecular formula is C42H32O10. The van der Waals surface area contributed by atoms with Gasteiger partial charge >= 0.3 is 0 Å². The van der Waals surface area contributed by atoms with Crippen molar-refractivity contribution >= 4 is 12.2 Å². The van der Waals surface area contributed by atoms with Crippen LogP contribution in [0.1, 0.15) is 68.6 Å². The van der Waals surface area contributed by atoms with Gasteiger partial charge in [0.1, 0.15) is 58.2 Å². The van der Waals surface area contributed by atoms with E-state index in [1.807, 2.05) is 12.2 Å². The van der Waals surface area contributed by atoms with Crippen molar-refractivity contribution in [3.05, 3.63) is 154 Å². The Labute approximate surface area is 297 Å². The lowest BCUT2D eigenvalue weighted by Crippen LogP contribution is -2.11. The molecule has 260 valence electrons. The second-order valence-corrected chi connectivity index (χ2v) is 13.0. The van der Waals surface area contributed by atoms with Crippen LogP contribution in [0.5, 0.6) is 57.5 Å². The third kappa shape index (κ3) is 5.75. The molecule has 0 radical (unpaired) electrons. The summed E-state index contributed by atoms with van der Waals surface area (Å²) in [7, 11) is 0. The van der Waals surface area contributed by atoms with Crippen LogP contribution in [-0.2, 0) is 0 Å². The van der Waals surface area contributed by atoms with Gasteiger partial charge < -0.3 is 50.3 Å². The molecule has 52 heavy (non-hydrogen) atoms. The van der Waals surface area contributed by atoms with Crippen molar-refractivity contribution in [2.24, 2.45) is 0 Å². The predicted octanol–water partition coefficient (Wildman–Crippen LogP) is 8.03. The fourth-order valence-electron chi connectivity index (χ4n) is 7.23. The first-order valence-electron chi connectivity index (χ1n) is 16.4. The number of hydrogen-bond acceptors (Lipinski definition) is 10. The number of hydrogen-bond donors (Lipinski definition) is 8. The minimum Gasteiger partial charge on any atom is -0.508 e. The van der Waals surface area contributed by atoms with Crippen LogP contribution in [0.4, 0.5) is 0 Å². The zero-order valence-electron chi connectivity index (χ0n) is 27.3. The molecule has 4 atom stereocenters. The predicted molar refractivity (Wildman–Crippen MR) is 191 cm³/mol. The number of benzene rings is 6. The fourth-order valence-corrected chi connectivity index (χ4v) is 7.23. The largest absolute Gasteiger partial charge is 0.508 e. The molecule has 10 heteroatoms. The van der Waals surface area contributed by atoms with E-state index in [-0.39, 0.29) is 51.7 Å². The molecule has 0 bridgehead atoms. The van der Waals surface area contributed by atoms with E-state index < -0.39 is 24.0 Å². The highest BCUT2D eigenvalue weighted by Crippen LogP contribution is 2.58. The average Bonchev–Trinajstić information content (AvgIpc) is 3.69. The first kappa shape index (κ1) is 32.3. The van der Waals surface area contributed by atoms with Gasteiger partial charge in [0, 0.05) is 17.2 Å². The summed E-state index contributed by atoms with van der Waals surface area (Å²) in [5, 5.41) is 84.2. The Morgan fingerprint density at radius 2 is 0.865 bits per heavy atom. The van der Waals surface area contributed by atoms with E-state index in [2.05, 4.69) is 0 Å². The Morgan fingerprint density at radius 1 is 0.365 bits per heavy atom. The minimum absolute atomic E-state index is 0.0411. The van der Waals surface area contributed by atoms with E-state index in [1.54, 1.807) is 78.9 Å². The summed E-state index contributed by atoms with van der Waals surface area (Å²) >= 11 is 0. The van der Waals surface area contributed by atoms with Crippen molar-refractivity contribution in [1.29, 1.82) is 0 Å². The van der Waals surface area contributed by atoms with Crippen LogP contribution in [0.3, 0.4) is 0 Å². The number of phenolic OH excluding ortho intramolecular Hbond substituents is 8. The van der Waals surface area contributed by atoms with Gasteiger partial charge in [0.15, 0.2) is 11.5 Å². The van der Waals surface area contributed by atoms with Crippen LogP contribution in [0.25, 0.3) is 12.2 Å². The molecule has 0 aliphatic carbocycles. The van der Waals surface area contributed by atoms with E-state index in [4.69, 9.17) is 9.47 Å². The molecule has 8 rings (SSSR count). The number of rotatable bonds is 6. The second kappa shape index (κ2) is 12.4. The topological polar surface area (TPSA) is 180 Å². The van der Waals surface area contributed by atoms with Crippen LogP contribution in [0.15, 0.2) is 109 Å². The molecular weight excluding hydrogens is 664 g/mol. The molecule has 8 N–H and O–H groups in total. The third-order valence-corrected chi connectivity index (χ3v) is 9.57. The van der Waals surface area contributed by atoms with E-state index in [1.165, 1.54) is 30.3 Å². The van der Waals surface area contributed by atoms with E-state index in [0.29, 0.717) is 44.7 Å². The standard InChI is InChI=1S/C42H32O10/c43-27-8-3-21(4-9-27)1-2-22-13-33(49)39-35(14-22)51-41(23-5-10-28(44)11-6-23)38(39)26-18-34(50)40-36(19-26)52-42(24-7-12-31(47)32(48)17-24)37(40)25-15-29(45)20-30(46)16-25/h1-20,37-38,41-50H/b2-1+/t37-,38-,41+,42+/m1/s1. The number of ether oxygens (including phenoxy) is 2. The van der Waals surface area contributed by atoms with Crippen molar-refractivity contribution < 1.29 is 50.3 Å². The lowest BCUT2D eigenvalue weighted by Gasteiger charge is -2.22. The van der Waals surface area contributed by atoms with Crippen molar-refractivity contribution in [3.8, 4) is 57.5 Å². The molecule has 0 spiro atoms. The molecule has 0 amide bonds. The molecule has 0 saturated heterocycles. The van der Waals surface area contributed by atoms with E-state index >= 15 is 0 Å². The van der Waals surface area contributed by atoms with Gasteiger partial charge in [0.25, 0.3) is 0 Å². The smallest absolute Gasteiger partial charge is 0.157 e. The second-order valence-electron chi connectivity index (χ2n) is 13.0. The monoisotopic (exact) mass is 696 g/mol. The fraction of sp³-hybridized carbons (Fsp3) is 0.0952. The van der Waals surface area contributed by atoms with Crippen LogP contribution in [0.2, 0.25) is 0 Å². The van der Waals surface area contributed by atoms with Gasteiger partial charge in [-0.2, -0.15) is 0 Å². The van der Waals surface area contributed by atoms with Gasteiger partial charge in [-0.25, -0.2) is 0 Å². The molecule has 0 aromatic heterocycles. The maximum absolute atomic E-state index is 11.8. The molecule has 0 saturated carbocycles. The highest BCUT2D eigenvalue weighted by atomic mass is 16.5. The van der Waals surface area contributed by atoms with Crippen LogP contribution >= 0.6 is 0 Å². The molecule has 6 aromatic carbocycles. The zero-order chi connectivity index (χ0) is 36.3. The molecule has 6 aromatic rings. The van der Waals surface area contributed by atoms with Gasteiger partial charge in [-0.15, -0.1) is 0 Å². The maximum Gasteiger partial charge on any atom is 0.157 e. The SMILES string of the molecule is Oc1ccc(/C=C/c2cc(O)c3c(c2)O[C@@H](c2ccc(O)cc2)[C@@H]3c2cc(O)c3c(c2)O[C@@H](c2ccc(O)c(O)c2)[C@@H]3c2cc(O)cc(O)c2)cc1. The first-order valence-corrected chi connectivity index (χ1v) is 16.4. The number of phenols is 8. The summed E-state index contributed by atoms with van der Waals surface area (Å²) < 4.78 is 13.1. The zero-order valence-corrected chi connectivity index (χ0v) is 27.3. The molecule has 0 unspecified atom stereocenters. The lowest BCUT2D eigenvalue weighted by atomic mass is 9.81. The molecule has 10 nitrogen and oxygen atoms in total. The Hall–Kier alpha value is -6.94. The molecule has 2 heterocycles. The first-order chi connectivity index (χ1) is 25.0. The van der Waals surface area contributed by atoms with Gasteiger partial charge in [-0.05, 0) is 106 Å².